The van der Waals surface area contributed by atoms with Crippen LogP contribution in [0.4, 0.5) is 22.0 Å². The molecule has 0 aliphatic heterocycles. The third-order valence-corrected chi connectivity index (χ3v) is 5.26. The fourth-order valence-corrected chi connectivity index (χ4v) is 3.93. The lowest BCUT2D eigenvalue weighted by atomic mass is 9.79. The highest BCUT2D eigenvalue weighted by atomic mass is 19.4. The Morgan fingerprint density at radius 2 is 1.71 bits per heavy atom. The summed E-state index contributed by atoms with van der Waals surface area (Å²) in [7, 11) is 0. The number of aryl methyl sites for hydroxylation is 2. The third-order valence-electron chi connectivity index (χ3n) is 5.26. The zero-order chi connectivity index (χ0) is 20.3. The van der Waals surface area contributed by atoms with Gasteiger partial charge in [-0.3, -0.25) is 0 Å². The van der Waals surface area contributed by atoms with Gasteiger partial charge in [0.1, 0.15) is 17.4 Å². The highest BCUT2D eigenvalue weighted by molar-refractivity contribution is 5.40. The second-order valence-corrected chi connectivity index (χ2v) is 7.35. The van der Waals surface area contributed by atoms with E-state index in [1.807, 2.05) is 0 Å². The van der Waals surface area contributed by atoms with Crippen LogP contribution in [0.1, 0.15) is 60.8 Å². The second kappa shape index (κ2) is 8.50. The summed E-state index contributed by atoms with van der Waals surface area (Å²) in [4.78, 5) is 0. The van der Waals surface area contributed by atoms with Crippen molar-refractivity contribution in [1.29, 1.82) is 0 Å². The molecule has 0 fully saturated rings. The number of unbranched alkanes of at least 4 members (excludes halogenated alkanes) is 2. The first-order valence-electron chi connectivity index (χ1n) is 9.62. The van der Waals surface area contributed by atoms with Gasteiger partial charge in [-0.1, -0.05) is 25.8 Å². The summed E-state index contributed by atoms with van der Waals surface area (Å²) in [6.45, 7) is 2.07. The van der Waals surface area contributed by atoms with E-state index >= 15 is 0 Å². The van der Waals surface area contributed by atoms with Gasteiger partial charge in [-0.15, -0.1) is 13.2 Å². The van der Waals surface area contributed by atoms with Gasteiger partial charge in [-0.25, -0.2) is 8.78 Å². The molecule has 1 nitrogen and oxygen atoms in total. The zero-order valence-electron chi connectivity index (χ0n) is 15.7. The molecule has 0 radical (unpaired) electrons. The Morgan fingerprint density at radius 3 is 2.36 bits per heavy atom. The maximum Gasteiger partial charge on any atom is 0.573 e. The number of fused-ring (bicyclic) bond motifs is 1. The molecule has 0 N–H and O–H groups in total. The number of ether oxygens (including phenoxy) is 1. The molecule has 0 amide bonds. The first kappa shape index (κ1) is 20.6. The predicted octanol–water partition coefficient (Wildman–Crippen LogP) is 6.87. The quantitative estimate of drug-likeness (QED) is 0.381. The van der Waals surface area contributed by atoms with Crippen molar-refractivity contribution in [2.45, 2.75) is 64.1 Å². The third kappa shape index (κ3) is 5.03. The molecule has 0 bridgehead atoms. The van der Waals surface area contributed by atoms with Crippen LogP contribution >= 0.6 is 0 Å². The minimum absolute atomic E-state index is 0.0838. The number of hydrogen-bond donors (Lipinski definition) is 0. The van der Waals surface area contributed by atoms with Crippen molar-refractivity contribution < 1.29 is 26.7 Å². The lowest BCUT2D eigenvalue weighted by Gasteiger charge is -2.26. The molecule has 0 saturated heterocycles. The van der Waals surface area contributed by atoms with Gasteiger partial charge in [0, 0.05) is 5.56 Å². The molecule has 1 atom stereocenters. The highest BCUT2D eigenvalue weighted by Crippen LogP contribution is 2.37. The largest absolute Gasteiger partial charge is 0.573 e. The molecular formula is C22H23F5O. The van der Waals surface area contributed by atoms with Crippen molar-refractivity contribution in [3.8, 4) is 5.75 Å². The van der Waals surface area contributed by atoms with E-state index in [2.05, 4.69) is 11.7 Å². The standard InChI is InChI=1S/C22H23F5O/c1-2-3-4-5-14-10-19(23)21(20(24)11-14)17-7-6-16-13-18(28-22(25,26)27)9-8-15(16)12-17/h8-11,13,17H,2-7,12H2,1H3. The van der Waals surface area contributed by atoms with E-state index in [4.69, 9.17) is 0 Å². The smallest absolute Gasteiger partial charge is 0.406 e. The topological polar surface area (TPSA) is 9.23 Å². The Kier molecular flexibility index (Phi) is 6.26. The van der Waals surface area contributed by atoms with E-state index in [1.54, 1.807) is 6.07 Å². The van der Waals surface area contributed by atoms with Crippen LogP contribution in [-0.4, -0.2) is 6.36 Å². The summed E-state index contributed by atoms with van der Waals surface area (Å²) >= 11 is 0. The van der Waals surface area contributed by atoms with E-state index in [9.17, 15) is 22.0 Å². The monoisotopic (exact) mass is 398 g/mol. The van der Waals surface area contributed by atoms with E-state index in [1.165, 1.54) is 24.3 Å². The maximum atomic E-state index is 14.6. The molecule has 0 heterocycles. The van der Waals surface area contributed by atoms with Crippen LogP contribution in [0.15, 0.2) is 30.3 Å². The SMILES string of the molecule is CCCCCc1cc(F)c(C2CCc3cc(OC(F)(F)F)ccc3C2)c(F)c1. The Hall–Kier alpha value is -2.11. The average Bonchev–Trinajstić information content (AvgIpc) is 2.60. The van der Waals surface area contributed by atoms with Gasteiger partial charge in [0.05, 0.1) is 0 Å². The molecule has 1 unspecified atom stereocenters. The van der Waals surface area contributed by atoms with Gasteiger partial charge < -0.3 is 4.74 Å². The summed E-state index contributed by atoms with van der Waals surface area (Å²) in [5.74, 6) is -1.65. The summed E-state index contributed by atoms with van der Waals surface area (Å²) < 4.78 is 70.4. The number of hydrogen-bond acceptors (Lipinski definition) is 1. The number of halogens is 5. The van der Waals surface area contributed by atoms with E-state index in [-0.39, 0.29) is 17.2 Å². The normalized spacial score (nSPS) is 16.7. The summed E-state index contributed by atoms with van der Waals surface area (Å²) in [5, 5.41) is 0. The van der Waals surface area contributed by atoms with E-state index < -0.39 is 18.0 Å². The van der Waals surface area contributed by atoms with Crippen molar-refractivity contribution in [2.24, 2.45) is 0 Å². The van der Waals surface area contributed by atoms with Gasteiger partial charge in [0.2, 0.25) is 0 Å². The maximum absolute atomic E-state index is 14.6. The van der Waals surface area contributed by atoms with Gasteiger partial charge in [-0.05, 0) is 79.0 Å². The first-order chi connectivity index (χ1) is 13.3. The van der Waals surface area contributed by atoms with Crippen LogP contribution in [-0.2, 0) is 19.3 Å². The van der Waals surface area contributed by atoms with Gasteiger partial charge in [-0.2, -0.15) is 0 Å². The lowest BCUT2D eigenvalue weighted by molar-refractivity contribution is -0.274. The van der Waals surface area contributed by atoms with Crippen molar-refractivity contribution in [1.82, 2.24) is 0 Å². The van der Waals surface area contributed by atoms with Gasteiger partial charge >= 0.3 is 6.36 Å². The van der Waals surface area contributed by atoms with Crippen LogP contribution in [0.5, 0.6) is 5.75 Å². The van der Waals surface area contributed by atoms with E-state index in [0.29, 0.717) is 31.2 Å². The van der Waals surface area contributed by atoms with E-state index in [0.717, 1.165) is 30.4 Å². The molecule has 0 saturated carbocycles. The average molecular weight is 398 g/mol. The molecule has 3 rings (SSSR count). The first-order valence-corrected chi connectivity index (χ1v) is 9.62. The molecule has 0 aromatic heterocycles. The highest BCUT2D eigenvalue weighted by Gasteiger charge is 2.32. The van der Waals surface area contributed by atoms with Crippen LogP contribution < -0.4 is 4.74 Å². The molecular weight excluding hydrogens is 375 g/mol. The molecule has 6 heteroatoms. The summed E-state index contributed by atoms with van der Waals surface area (Å²) in [6, 6.07) is 7.01. The Balaban J connectivity index is 1.76. The van der Waals surface area contributed by atoms with Crippen LogP contribution in [0, 0.1) is 11.6 Å². The summed E-state index contributed by atoms with van der Waals surface area (Å²) in [5.41, 5.74) is 2.28. The molecule has 0 spiro atoms. The van der Waals surface area contributed by atoms with Crippen LogP contribution in [0.3, 0.4) is 0 Å². The Bertz CT molecular complexity index is 805. The summed E-state index contributed by atoms with van der Waals surface area (Å²) in [6.07, 6.45) is 0.189. The number of alkyl halides is 3. The van der Waals surface area contributed by atoms with Gasteiger partial charge in [0.15, 0.2) is 0 Å². The fraction of sp³-hybridized carbons (Fsp3) is 0.455. The molecule has 2 aromatic rings. The minimum Gasteiger partial charge on any atom is -0.406 e. The molecule has 1 aliphatic rings. The van der Waals surface area contributed by atoms with Crippen molar-refractivity contribution in [3.63, 3.8) is 0 Å². The van der Waals surface area contributed by atoms with Crippen LogP contribution in [0.25, 0.3) is 0 Å². The lowest BCUT2D eigenvalue weighted by Crippen LogP contribution is -2.19. The molecule has 28 heavy (non-hydrogen) atoms. The van der Waals surface area contributed by atoms with Crippen molar-refractivity contribution in [2.75, 3.05) is 0 Å². The molecule has 152 valence electrons. The van der Waals surface area contributed by atoms with Crippen molar-refractivity contribution >= 4 is 0 Å². The second-order valence-electron chi connectivity index (χ2n) is 7.35. The number of rotatable bonds is 6. The Morgan fingerprint density at radius 1 is 1.00 bits per heavy atom. The van der Waals surface area contributed by atoms with Crippen LogP contribution in [0.2, 0.25) is 0 Å². The Labute approximate surface area is 161 Å². The predicted molar refractivity (Wildman–Crippen MR) is 97.5 cm³/mol. The van der Waals surface area contributed by atoms with Crippen molar-refractivity contribution in [3.05, 3.63) is 64.2 Å². The minimum atomic E-state index is -4.74. The van der Waals surface area contributed by atoms with Gasteiger partial charge in [0.25, 0.3) is 0 Å². The fourth-order valence-electron chi connectivity index (χ4n) is 3.93. The zero-order valence-corrected chi connectivity index (χ0v) is 15.7. The molecule has 2 aromatic carbocycles. The molecule has 1 aliphatic carbocycles. The number of benzene rings is 2.